The molecule has 11 nitrogen and oxygen atoms in total. The number of nitrogens with two attached hydrogens (primary N) is 1. The van der Waals surface area contributed by atoms with E-state index in [0.717, 1.165) is 0 Å². The zero-order valence-corrected chi connectivity index (χ0v) is 14.2. The maximum Gasteiger partial charge on any atom is 0.328 e. The monoisotopic (exact) mass is 362 g/mol. The van der Waals surface area contributed by atoms with Gasteiger partial charge in [0.15, 0.2) is 0 Å². The number of hydrogen-bond acceptors (Lipinski definition) is 7. The number of aliphatic hydroxyl groups is 2. The summed E-state index contributed by atoms with van der Waals surface area (Å²) in [6.07, 6.45) is 0.546. The first-order valence-electron chi connectivity index (χ1n) is 7.75. The Morgan fingerprint density at radius 1 is 1.04 bits per heavy atom. The number of carboxylic acids is 1. The third-order valence-corrected chi connectivity index (χ3v) is 3.57. The van der Waals surface area contributed by atoms with Crippen LogP contribution in [0.15, 0.2) is 0 Å². The predicted octanol–water partition coefficient (Wildman–Crippen LogP) is -3.49. The summed E-state index contributed by atoms with van der Waals surface area (Å²) in [5.41, 5.74) is 5.39. The Hall–Kier alpha value is -2.24. The van der Waals surface area contributed by atoms with Gasteiger partial charge in [-0.15, -0.1) is 0 Å². The number of carbonyl (C=O) groups is 4. The van der Waals surface area contributed by atoms with Crippen LogP contribution in [-0.4, -0.2) is 76.9 Å². The molecule has 4 atom stereocenters. The number of aliphatic carboxylic acids is 1. The van der Waals surface area contributed by atoms with Crippen molar-refractivity contribution in [3.63, 3.8) is 0 Å². The summed E-state index contributed by atoms with van der Waals surface area (Å²) in [5.74, 6) is -3.86. The number of nitrogens with one attached hydrogen (secondary N) is 3. The number of rotatable bonds is 11. The van der Waals surface area contributed by atoms with Gasteiger partial charge >= 0.3 is 5.97 Å². The predicted molar refractivity (Wildman–Crippen MR) is 86.1 cm³/mol. The number of hydrogen-bond donors (Lipinski definition) is 7. The van der Waals surface area contributed by atoms with E-state index in [1.54, 1.807) is 13.8 Å². The highest BCUT2D eigenvalue weighted by atomic mass is 16.4. The van der Waals surface area contributed by atoms with Crippen molar-refractivity contribution in [2.24, 2.45) is 11.7 Å². The lowest BCUT2D eigenvalue weighted by Gasteiger charge is -2.24. The van der Waals surface area contributed by atoms with Gasteiger partial charge in [-0.3, -0.25) is 14.4 Å². The first-order valence-corrected chi connectivity index (χ1v) is 7.75. The van der Waals surface area contributed by atoms with Gasteiger partial charge in [-0.2, -0.15) is 0 Å². The third-order valence-electron chi connectivity index (χ3n) is 3.57. The molecule has 0 fully saturated rings. The van der Waals surface area contributed by atoms with Crippen LogP contribution in [0.3, 0.4) is 0 Å². The van der Waals surface area contributed by atoms with Crippen molar-refractivity contribution in [1.82, 2.24) is 16.0 Å². The molecule has 0 saturated carbocycles. The third kappa shape index (κ3) is 7.92. The largest absolute Gasteiger partial charge is 0.480 e. The molecule has 0 aliphatic carbocycles. The molecule has 0 aliphatic rings. The van der Waals surface area contributed by atoms with Crippen LogP contribution in [0.5, 0.6) is 0 Å². The lowest BCUT2D eigenvalue weighted by atomic mass is 9.98. The van der Waals surface area contributed by atoms with Gasteiger partial charge < -0.3 is 37.0 Å². The fourth-order valence-corrected chi connectivity index (χ4v) is 1.75. The zero-order valence-electron chi connectivity index (χ0n) is 14.2. The Bertz CT molecular complexity index is 486. The van der Waals surface area contributed by atoms with E-state index in [-0.39, 0.29) is 5.92 Å². The summed E-state index contributed by atoms with van der Waals surface area (Å²) in [5, 5.41) is 33.1. The van der Waals surface area contributed by atoms with Crippen LogP contribution in [0.1, 0.15) is 20.3 Å². The van der Waals surface area contributed by atoms with E-state index in [2.05, 4.69) is 10.6 Å². The highest BCUT2D eigenvalue weighted by Gasteiger charge is 2.28. The van der Waals surface area contributed by atoms with Gasteiger partial charge in [-0.05, 0) is 5.92 Å². The Morgan fingerprint density at radius 2 is 1.64 bits per heavy atom. The molecule has 0 heterocycles. The van der Waals surface area contributed by atoms with Gasteiger partial charge in [0.05, 0.1) is 19.8 Å². The number of aliphatic hydroxyl groups excluding tert-OH is 2. The lowest BCUT2D eigenvalue weighted by Crippen LogP contribution is -2.56. The van der Waals surface area contributed by atoms with Crippen LogP contribution in [0, 0.1) is 5.92 Å². The van der Waals surface area contributed by atoms with E-state index in [4.69, 9.17) is 21.1 Å². The Labute approximate surface area is 145 Å². The number of amides is 3. The summed E-state index contributed by atoms with van der Waals surface area (Å²) in [6.45, 7) is 1.60. The Morgan fingerprint density at radius 3 is 2.08 bits per heavy atom. The smallest absolute Gasteiger partial charge is 0.328 e. The van der Waals surface area contributed by atoms with Crippen LogP contribution in [0.25, 0.3) is 0 Å². The average Bonchev–Trinajstić information content (AvgIpc) is 2.59. The van der Waals surface area contributed by atoms with Crippen molar-refractivity contribution in [3.8, 4) is 0 Å². The van der Waals surface area contributed by atoms with E-state index in [9.17, 15) is 19.2 Å². The minimum absolute atomic E-state index is 0.276. The van der Waals surface area contributed by atoms with E-state index >= 15 is 0 Å². The van der Waals surface area contributed by atoms with Crippen molar-refractivity contribution < 1.29 is 34.5 Å². The van der Waals surface area contributed by atoms with Crippen molar-refractivity contribution in [2.75, 3.05) is 19.8 Å². The summed E-state index contributed by atoms with van der Waals surface area (Å²) in [4.78, 5) is 46.3. The van der Waals surface area contributed by atoms with E-state index in [1.807, 2.05) is 5.32 Å². The van der Waals surface area contributed by atoms with Gasteiger partial charge in [-0.1, -0.05) is 20.3 Å². The van der Waals surface area contributed by atoms with Crippen LogP contribution < -0.4 is 21.7 Å². The minimum Gasteiger partial charge on any atom is -0.480 e. The molecular weight excluding hydrogens is 336 g/mol. The van der Waals surface area contributed by atoms with Gasteiger partial charge in [0.25, 0.3) is 0 Å². The van der Waals surface area contributed by atoms with Gasteiger partial charge in [0, 0.05) is 0 Å². The van der Waals surface area contributed by atoms with Crippen molar-refractivity contribution in [1.29, 1.82) is 0 Å². The van der Waals surface area contributed by atoms with Crippen molar-refractivity contribution in [2.45, 2.75) is 38.4 Å². The molecule has 25 heavy (non-hydrogen) atoms. The van der Waals surface area contributed by atoms with E-state index < -0.39 is 61.6 Å². The summed E-state index contributed by atoms with van der Waals surface area (Å²) in [6, 6.07) is -3.63. The highest BCUT2D eigenvalue weighted by molar-refractivity contribution is 5.92. The van der Waals surface area contributed by atoms with Gasteiger partial charge in [-0.25, -0.2) is 4.79 Å². The van der Waals surface area contributed by atoms with Crippen LogP contribution in [-0.2, 0) is 19.2 Å². The topological polar surface area (TPSA) is 191 Å². The molecule has 0 aliphatic heterocycles. The molecule has 0 bridgehead atoms. The SMILES string of the molecule is CCC(C)C(NC(=O)C(N)CO)C(=O)NCC(=O)NC(CO)C(=O)O. The second-order valence-corrected chi connectivity index (χ2v) is 5.52. The lowest BCUT2D eigenvalue weighted by molar-refractivity contribution is -0.142. The van der Waals surface area contributed by atoms with Gasteiger partial charge in [0.1, 0.15) is 18.1 Å². The molecule has 0 spiro atoms. The molecule has 8 N–H and O–H groups in total. The fraction of sp³-hybridized carbons (Fsp3) is 0.714. The molecule has 0 rings (SSSR count). The number of carboxylic acid groups (broad SMARTS) is 1. The van der Waals surface area contributed by atoms with Crippen LogP contribution >= 0.6 is 0 Å². The van der Waals surface area contributed by atoms with E-state index in [1.165, 1.54) is 0 Å². The Kier molecular flexibility index (Phi) is 10.3. The first-order chi connectivity index (χ1) is 11.7. The quantitative estimate of drug-likeness (QED) is 0.197. The molecule has 0 aromatic heterocycles. The first kappa shape index (κ1) is 22.8. The molecule has 11 heteroatoms. The maximum atomic E-state index is 12.2. The summed E-state index contributed by atoms with van der Waals surface area (Å²) in [7, 11) is 0. The van der Waals surface area contributed by atoms with Crippen LogP contribution in [0.2, 0.25) is 0 Å². The van der Waals surface area contributed by atoms with Crippen molar-refractivity contribution >= 4 is 23.7 Å². The summed E-state index contributed by atoms with van der Waals surface area (Å²) >= 11 is 0. The molecule has 144 valence electrons. The molecule has 3 amide bonds. The zero-order chi connectivity index (χ0) is 19.6. The fourth-order valence-electron chi connectivity index (χ4n) is 1.75. The second kappa shape index (κ2) is 11.3. The molecule has 0 radical (unpaired) electrons. The van der Waals surface area contributed by atoms with Crippen molar-refractivity contribution in [3.05, 3.63) is 0 Å². The summed E-state index contributed by atoms with van der Waals surface area (Å²) < 4.78 is 0. The maximum absolute atomic E-state index is 12.2. The molecule has 0 aromatic carbocycles. The average molecular weight is 362 g/mol. The molecular formula is C14H26N4O7. The second-order valence-electron chi connectivity index (χ2n) is 5.52. The van der Waals surface area contributed by atoms with E-state index in [0.29, 0.717) is 6.42 Å². The molecule has 0 aromatic rings. The van der Waals surface area contributed by atoms with Crippen LogP contribution in [0.4, 0.5) is 0 Å². The molecule has 0 saturated heterocycles. The standard InChI is InChI=1S/C14H26N4O7/c1-3-7(2)11(18-12(22)8(15)5-19)13(23)16-4-10(21)17-9(6-20)14(24)25/h7-9,11,19-20H,3-6,15H2,1-2H3,(H,16,23)(H,17,21)(H,18,22)(H,24,25). The Balaban J connectivity index is 4.74. The molecule has 4 unspecified atom stereocenters. The normalized spacial score (nSPS) is 15.4. The number of carbonyl (C=O) groups excluding carboxylic acids is 3. The highest BCUT2D eigenvalue weighted by Crippen LogP contribution is 2.08. The minimum atomic E-state index is -1.47. The van der Waals surface area contributed by atoms with Gasteiger partial charge in [0.2, 0.25) is 17.7 Å².